The SMILES string of the molecule is CC(N[C@H](C)c1ccco1)c1cccnc1. The van der Waals surface area contributed by atoms with Gasteiger partial charge in [0.15, 0.2) is 0 Å². The second kappa shape index (κ2) is 4.94. The lowest BCUT2D eigenvalue weighted by molar-refractivity contribution is 0.402. The summed E-state index contributed by atoms with van der Waals surface area (Å²) >= 11 is 0. The smallest absolute Gasteiger partial charge is 0.120 e. The molecule has 16 heavy (non-hydrogen) atoms. The van der Waals surface area contributed by atoms with E-state index >= 15 is 0 Å². The first kappa shape index (κ1) is 10.9. The minimum Gasteiger partial charge on any atom is -0.468 e. The van der Waals surface area contributed by atoms with Crippen LogP contribution in [0, 0.1) is 0 Å². The van der Waals surface area contributed by atoms with Crippen LogP contribution in [-0.2, 0) is 0 Å². The van der Waals surface area contributed by atoms with E-state index in [0.29, 0.717) is 0 Å². The van der Waals surface area contributed by atoms with Crippen LogP contribution in [0.4, 0.5) is 0 Å². The summed E-state index contributed by atoms with van der Waals surface area (Å²) < 4.78 is 5.35. The fourth-order valence-corrected chi connectivity index (χ4v) is 1.72. The fourth-order valence-electron chi connectivity index (χ4n) is 1.72. The minimum absolute atomic E-state index is 0.199. The van der Waals surface area contributed by atoms with E-state index in [2.05, 4.69) is 30.2 Å². The van der Waals surface area contributed by atoms with Crippen LogP contribution in [0.5, 0.6) is 0 Å². The number of furan rings is 1. The van der Waals surface area contributed by atoms with Gasteiger partial charge in [-0.25, -0.2) is 0 Å². The zero-order valence-electron chi connectivity index (χ0n) is 9.55. The van der Waals surface area contributed by atoms with Gasteiger partial charge in [-0.3, -0.25) is 4.98 Å². The molecule has 2 aromatic rings. The van der Waals surface area contributed by atoms with Gasteiger partial charge in [-0.15, -0.1) is 0 Å². The van der Waals surface area contributed by atoms with E-state index in [4.69, 9.17) is 4.42 Å². The molecule has 0 aromatic carbocycles. The number of rotatable bonds is 4. The quantitative estimate of drug-likeness (QED) is 0.853. The lowest BCUT2D eigenvalue weighted by atomic mass is 10.1. The molecule has 84 valence electrons. The number of pyridine rings is 1. The molecule has 0 aliphatic rings. The molecule has 0 fully saturated rings. The molecule has 2 atom stereocenters. The summed E-state index contributed by atoms with van der Waals surface area (Å²) in [7, 11) is 0. The Bertz CT molecular complexity index is 411. The molecule has 0 saturated carbocycles. The maximum Gasteiger partial charge on any atom is 0.120 e. The fraction of sp³-hybridized carbons (Fsp3) is 0.308. The van der Waals surface area contributed by atoms with Crippen molar-refractivity contribution in [2.24, 2.45) is 0 Å². The second-order valence-corrected chi connectivity index (χ2v) is 3.91. The maximum absolute atomic E-state index is 5.35. The van der Waals surface area contributed by atoms with Crippen molar-refractivity contribution in [3.63, 3.8) is 0 Å². The van der Waals surface area contributed by atoms with Gasteiger partial charge >= 0.3 is 0 Å². The molecule has 0 amide bonds. The first-order chi connectivity index (χ1) is 7.77. The highest BCUT2D eigenvalue weighted by Gasteiger charge is 2.12. The topological polar surface area (TPSA) is 38.1 Å². The number of nitrogens with zero attached hydrogens (tertiary/aromatic N) is 1. The van der Waals surface area contributed by atoms with Gasteiger partial charge in [0, 0.05) is 18.4 Å². The molecule has 0 aliphatic carbocycles. The standard InChI is InChI=1S/C13H16N2O/c1-10(12-5-3-7-14-9-12)15-11(2)13-6-4-8-16-13/h3-11,15H,1-2H3/t10?,11-/m1/s1. The van der Waals surface area contributed by atoms with Crippen LogP contribution in [0.25, 0.3) is 0 Å². The Balaban J connectivity index is 2.00. The van der Waals surface area contributed by atoms with E-state index in [1.165, 1.54) is 5.56 Å². The number of aromatic nitrogens is 1. The van der Waals surface area contributed by atoms with E-state index < -0.39 is 0 Å². The van der Waals surface area contributed by atoms with Crippen molar-refractivity contribution in [2.45, 2.75) is 25.9 Å². The zero-order chi connectivity index (χ0) is 11.4. The number of hydrogen-bond acceptors (Lipinski definition) is 3. The third kappa shape index (κ3) is 2.49. The second-order valence-electron chi connectivity index (χ2n) is 3.91. The normalized spacial score (nSPS) is 14.6. The van der Waals surface area contributed by atoms with Gasteiger partial charge in [0.25, 0.3) is 0 Å². The Labute approximate surface area is 95.5 Å². The molecular formula is C13H16N2O. The van der Waals surface area contributed by atoms with Gasteiger partial charge in [0.2, 0.25) is 0 Å². The van der Waals surface area contributed by atoms with E-state index in [0.717, 1.165) is 5.76 Å². The van der Waals surface area contributed by atoms with Crippen molar-refractivity contribution in [3.8, 4) is 0 Å². The molecule has 0 saturated heterocycles. The molecule has 3 nitrogen and oxygen atoms in total. The Morgan fingerprint density at radius 3 is 2.69 bits per heavy atom. The largest absolute Gasteiger partial charge is 0.468 e. The predicted molar refractivity (Wildman–Crippen MR) is 62.9 cm³/mol. The predicted octanol–water partition coefficient (Wildman–Crippen LogP) is 3.09. The summed E-state index contributed by atoms with van der Waals surface area (Å²) in [6, 6.07) is 8.36. The highest BCUT2D eigenvalue weighted by atomic mass is 16.3. The molecular weight excluding hydrogens is 200 g/mol. The van der Waals surface area contributed by atoms with Crippen LogP contribution in [-0.4, -0.2) is 4.98 Å². The summed E-state index contributed by atoms with van der Waals surface area (Å²) in [5, 5.41) is 3.46. The summed E-state index contributed by atoms with van der Waals surface area (Å²) in [6.07, 6.45) is 5.36. The number of hydrogen-bond donors (Lipinski definition) is 1. The third-order valence-electron chi connectivity index (χ3n) is 2.65. The molecule has 0 bridgehead atoms. The van der Waals surface area contributed by atoms with Crippen LogP contribution in [0.2, 0.25) is 0 Å². The minimum atomic E-state index is 0.199. The Kier molecular flexibility index (Phi) is 3.37. The lowest BCUT2D eigenvalue weighted by Crippen LogP contribution is -2.22. The van der Waals surface area contributed by atoms with E-state index in [1.807, 2.05) is 24.4 Å². The van der Waals surface area contributed by atoms with Crippen LogP contribution >= 0.6 is 0 Å². The molecule has 2 heterocycles. The molecule has 1 unspecified atom stereocenters. The summed E-state index contributed by atoms with van der Waals surface area (Å²) in [4.78, 5) is 4.11. The molecule has 3 heteroatoms. The maximum atomic E-state index is 5.35. The van der Waals surface area contributed by atoms with Crippen molar-refractivity contribution in [1.29, 1.82) is 0 Å². The average molecular weight is 216 g/mol. The van der Waals surface area contributed by atoms with Crippen LogP contribution in [0.15, 0.2) is 47.3 Å². The Morgan fingerprint density at radius 2 is 2.06 bits per heavy atom. The summed E-state index contributed by atoms with van der Waals surface area (Å²) in [6.45, 7) is 4.21. The molecule has 2 rings (SSSR count). The van der Waals surface area contributed by atoms with Crippen LogP contribution in [0.3, 0.4) is 0 Å². The van der Waals surface area contributed by atoms with Gasteiger partial charge in [-0.1, -0.05) is 6.07 Å². The average Bonchev–Trinajstić information content (AvgIpc) is 2.83. The Hall–Kier alpha value is -1.61. The van der Waals surface area contributed by atoms with Gasteiger partial charge in [-0.05, 0) is 37.6 Å². The molecule has 0 aliphatic heterocycles. The molecule has 0 spiro atoms. The molecule has 2 aromatic heterocycles. The third-order valence-corrected chi connectivity index (χ3v) is 2.65. The van der Waals surface area contributed by atoms with Crippen molar-refractivity contribution < 1.29 is 4.42 Å². The van der Waals surface area contributed by atoms with Crippen molar-refractivity contribution in [3.05, 3.63) is 54.2 Å². The first-order valence-corrected chi connectivity index (χ1v) is 5.46. The van der Waals surface area contributed by atoms with Gasteiger partial charge in [0.05, 0.1) is 12.3 Å². The van der Waals surface area contributed by atoms with Gasteiger partial charge < -0.3 is 9.73 Å². The first-order valence-electron chi connectivity index (χ1n) is 5.46. The molecule has 1 N–H and O–H groups in total. The van der Waals surface area contributed by atoms with Gasteiger partial charge in [-0.2, -0.15) is 0 Å². The molecule has 0 radical (unpaired) electrons. The van der Waals surface area contributed by atoms with Crippen LogP contribution in [0.1, 0.15) is 37.3 Å². The van der Waals surface area contributed by atoms with E-state index in [9.17, 15) is 0 Å². The van der Waals surface area contributed by atoms with E-state index in [-0.39, 0.29) is 12.1 Å². The zero-order valence-corrected chi connectivity index (χ0v) is 9.55. The summed E-state index contributed by atoms with van der Waals surface area (Å²) in [5.41, 5.74) is 1.18. The van der Waals surface area contributed by atoms with Gasteiger partial charge in [0.1, 0.15) is 5.76 Å². The van der Waals surface area contributed by atoms with Crippen LogP contribution < -0.4 is 5.32 Å². The monoisotopic (exact) mass is 216 g/mol. The van der Waals surface area contributed by atoms with E-state index in [1.54, 1.807) is 12.5 Å². The lowest BCUT2D eigenvalue weighted by Gasteiger charge is -2.18. The highest BCUT2D eigenvalue weighted by Crippen LogP contribution is 2.18. The Morgan fingerprint density at radius 1 is 1.19 bits per heavy atom. The number of nitrogens with one attached hydrogen (secondary N) is 1. The van der Waals surface area contributed by atoms with Crippen molar-refractivity contribution in [2.75, 3.05) is 0 Å². The van der Waals surface area contributed by atoms with Crippen molar-refractivity contribution in [1.82, 2.24) is 10.3 Å². The van der Waals surface area contributed by atoms with Crippen molar-refractivity contribution >= 4 is 0 Å². The summed E-state index contributed by atoms with van der Waals surface area (Å²) in [5.74, 6) is 0.954. The highest BCUT2D eigenvalue weighted by molar-refractivity contribution is 5.14.